The maximum atomic E-state index is 12.9. The Morgan fingerprint density at radius 3 is 2.48 bits per heavy atom. The first-order chi connectivity index (χ1) is 11.1. The van der Waals surface area contributed by atoms with Crippen LogP contribution in [0.4, 0.5) is 5.69 Å². The van der Waals surface area contributed by atoms with Gasteiger partial charge in [0, 0.05) is 11.1 Å². The lowest BCUT2D eigenvalue weighted by atomic mass is 9.75. The lowest BCUT2D eigenvalue weighted by molar-refractivity contribution is -0.118. The van der Waals surface area contributed by atoms with Crippen molar-refractivity contribution in [1.29, 1.82) is 5.26 Å². The second kappa shape index (κ2) is 4.45. The zero-order valence-electron chi connectivity index (χ0n) is 13.3. The number of para-hydroxylation sites is 1. The standard InChI is InChI=1S/C20H18N2O/c1-13(2)19(15-9-7-14(11-21)8-10-15)12-20(19)16-5-3-4-6-17(16)22-18(20)23/h3-10,13H,12H2,1-2H3,(H,22,23). The van der Waals surface area contributed by atoms with E-state index in [0.717, 1.165) is 23.2 Å². The second-order valence-electron chi connectivity index (χ2n) is 6.90. The van der Waals surface area contributed by atoms with E-state index in [-0.39, 0.29) is 11.3 Å². The van der Waals surface area contributed by atoms with Gasteiger partial charge in [-0.05, 0) is 41.7 Å². The molecule has 1 heterocycles. The van der Waals surface area contributed by atoms with Crippen molar-refractivity contribution >= 4 is 11.6 Å². The van der Waals surface area contributed by atoms with Crippen LogP contribution in [0.15, 0.2) is 48.5 Å². The average molecular weight is 302 g/mol. The molecule has 4 rings (SSSR count). The quantitative estimate of drug-likeness (QED) is 0.918. The smallest absolute Gasteiger partial charge is 0.236 e. The van der Waals surface area contributed by atoms with Crippen LogP contribution in [0.3, 0.4) is 0 Å². The number of amides is 1. The normalized spacial score (nSPS) is 27.7. The summed E-state index contributed by atoms with van der Waals surface area (Å²) in [5.41, 5.74) is 3.19. The van der Waals surface area contributed by atoms with Gasteiger partial charge < -0.3 is 5.32 Å². The number of carbonyl (C=O) groups excluding carboxylic acids is 1. The van der Waals surface area contributed by atoms with Crippen LogP contribution in [0.1, 0.15) is 37.0 Å². The maximum Gasteiger partial charge on any atom is 0.236 e. The number of nitrogens with zero attached hydrogens (tertiary/aromatic N) is 1. The molecule has 114 valence electrons. The molecule has 3 nitrogen and oxygen atoms in total. The van der Waals surface area contributed by atoms with E-state index in [1.165, 1.54) is 0 Å². The van der Waals surface area contributed by atoms with Crippen molar-refractivity contribution in [2.24, 2.45) is 5.92 Å². The Morgan fingerprint density at radius 2 is 1.83 bits per heavy atom. The number of anilines is 1. The van der Waals surface area contributed by atoms with E-state index in [9.17, 15) is 4.79 Å². The van der Waals surface area contributed by atoms with Crippen molar-refractivity contribution in [2.45, 2.75) is 31.1 Å². The third-order valence-corrected chi connectivity index (χ3v) is 5.72. The average Bonchev–Trinajstić information content (AvgIpc) is 3.20. The molecule has 23 heavy (non-hydrogen) atoms. The zero-order valence-corrected chi connectivity index (χ0v) is 13.3. The number of nitriles is 1. The summed E-state index contributed by atoms with van der Waals surface area (Å²) in [5.74, 6) is 0.434. The monoisotopic (exact) mass is 302 g/mol. The highest BCUT2D eigenvalue weighted by molar-refractivity contribution is 6.10. The second-order valence-corrected chi connectivity index (χ2v) is 6.90. The first-order valence-corrected chi connectivity index (χ1v) is 7.98. The molecule has 3 heteroatoms. The molecule has 1 spiro atoms. The minimum atomic E-state index is -0.466. The molecule has 1 fully saturated rings. The molecule has 1 amide bonds. The Bertz CT molecular complexity index is 847. The number of rotatable bonds is 2. The minimum absolute atomic E-state index is 0.108. The lowest BCUT2D eigenvalue weighted by Crippen LogP contribution is -2.33. The molecule has 2 aliphatic rings. The number of fused-ring (bicyclic) bond motifs is 2. The van der Waals surface area contributed by atoms with E-state index in [4.69, 9.17) is 5.26 Å². The predicted molar refractivity (Wildman–Crippen MR) is 89.0 cm³/mol. The minimum Gasteiger partial charge on any atom is -0.325 e. The highest BCUT2D eigenvalue weighted by atomic mass is 16.2. The molecule has 1 saturated carbocycles. The fraction of sp³-hybridized carbons (Fsp3) is 0.300. The Morgan fingerprint density at radius 1 is 1.13 bits per heavy atom. The molecule has 0 aromatic heterocycles. The molecule has 2 unspecified atom stereocenters. The van der Waals surface area contributed by atoms with Crippen molar-refractivity contribution in [3.8, 4) is 6.07 Å². The molecule has 0 saturated heterocycles. The number of benzene rings is 2. The third-order valence-electron chi connectivity index (χ3n) is 5.72. The van der Waals surface area contributed by atoms with Crippen LogP contribution < -0.4 is 5.32 Å². The van der Waals surface area contributed by atoms with Crippen LogP contribution in [0, 0.1) is 17.2 Å². The van der Waals surface area contributed by atoms with Crippen LogP contribution in [0.5, 0.6) is 0 Å². The van der Waals surface area contributed by atoms with E-state index >= 15 is 0 Å². The van der Waals surface area contributed by atoms with Crippen LogP contribution >= 0.6 is 0 Å². The van der Waals surface area contributed by atoms with Gasteiger partial charge in [-0.15, -0.1) is 0 Å². The number of hydrogen-bond acceptors (Lipinski definition) is 2. The molecule has 1 aliphatic carbocycles. The highest BCUT2D eigenvalue weighted by Crippen LogP contribution is 2.72. The highest BCUT2D eigenvalue weighted by Gasteiger charge is 2.76. The summed E-state index contributed by atoms with van der Waals surface area (Å²) in [7, 11) is 0. The first kappa shape index (κ1) is 14.0. The van der Waals surface area contributed by atoms with E-state index in [1.807, 2.05) is 42.5 Å². The van der Waals surface area contributed by atoms with Crippen molar-refractivity contribution in [3.05, 3.63) is 65.2 Å². The number of nitrogens with one attached hydrogen (secondary N) is 1. The summed E-state index contributed by atoms with van der Waals surface area (Å²) in [6, 6.07) is 17.9. The van der Waals surface area contributed by atoms with E-state index in [0.29, 0.717) is 11.5 Å². The Kier molecular flexibility index (Phi) is 2.72. The van der Waals surface area contributed by atoms with Crippen molar-refractivity contribution in [2.75, 3.05) is 5.32 Å². The van der Waals surface area contributed by atoms with Gasteiger partial charge in [0.15, 0.2) is 0 Å². The number of carbonyl (C=O) groups is 1. The van der Waals surface area contributed by atoms with Gasteiger partial charge in [0.1, 0.15) is 0 Å². The molecule has 0 radical (unpaired) electrons. The molecule has 1 aliphatic heterocycles. The van der Waals surface area contributed by atoms with Crippen molar-refractivity contribution in [3.63, 3.8) is 0 Å². The number of hydrogen-bond donors (Lipinski definition) is 1. The fourth-order valence-electron chi connectivity index (χ4n) is 4.53. The van der Waals surface area contributed by atoms with E-state index in [1.54, 1.807) is 0 Å². The summed E-state index contributed by atoms with van der Waals surface area (Å²) in [5, 5.41) is 12.1. The topological polar surface area (TPSA) is 52.9 Å². The third kappa shape index (κ3) is 1.56. The van der Waals surface area contributed by atoms with Crippen LogP contribution in [-0.2, 0) is 15.6 Å². The first-order valence-electron chi connectivity index (χ1n) is 7.98. The summed E-state index contributed by atoms with van der Waals surface area (Å²) in [6.45, 7) is 4.36. The Labute approximate surface area is 136 Å². The van der Waals surface area contributed by atoms with Crippen LogP contribution in [0.25, 0.3) is 0 Å². The molecule has 2 atom stereocenters. The van der Waals surface area contributed by atoms with Crippen molar-refractivity contribution < 1.29 is 4.79 Å². The molecule has 2 aromatic carbocycles. The molecular weight excluding hydrogens is 284 g/mol. The summed E-state index contributed by atoms with van der Waals surface area (Å²) < 4.78 is 0. The van der Waals surface area contributed by atoms with Gasteiger partial charge >= 0.3 is 0 Å². The molecule has 1 N–H and O–H groups in total. The van der Waals surface area contributed by atoms with Crippen LogP contribution in [-0.4, -0.2) is 5.91 Å². The maximum absolute atomic E-state index is 12.9. The SMILES string of the molecule is CC(C)C1(c2ccc(C#N)cc2)CC12C(=O)Nc1ccccc12. The Hall–Kier alpha value is -2.60. The lowest BCUT2D eigenvalue weighted by Gasteiger charge is -2.26. The van der Waals surface area contributed by atoms with Crippen LogP contribution in [0.2, 0.25) is 0 Å². The fourth-order valence-corrected chi connectivity index (χ4v) is 4.53. The summed E-state index contributed by atoms with van der Waals surface area (Å²) in [4.78, 5) is 12.9. The van der Waals surface area contributed by atoms with Gasteiger partial charge in [-0.2, -0.15) is 5.26 Å². The predicted octanol–water partition coefficient (Wildman–Crippen LogP) is 3.75. The molecular formula is C20H18N2O. The van der Waals surface area contributed by atoms with Crippen molar-refractivity contribution in [1.82, 2.24) is 0 Å². The largest absolute Gasteiger partial charge is 0.325 e. The van der Waals surface area contributed by atoms with Gasteiger partial charge in [-0.25, -0.2) is 0 Å². The Balaban J connectivity index is 1.89. The molecule has 0 bridgehead atoms. The summed E-state index contributed by atoms with van der Waals surface area (Å²) in [6.07, 6.45) is 0.826. The van der Waals surface area contributed by atoms with E-state index < -0.39 is 5.41 Å². The molecule has 2 aromatic rings. The summed E-state index contributed by atoms with van der Waals surface area (Å²) >= 11 is 0. The van der Waals surface area contributed by atoms with Gasteiger partial charge in [-0.1, -0.05) is 44.2 Å². The van der Waals surface area contributed by atoms with Gasteiger partial charge in [0.25, 0.3) is 0 Å². The van der Waals surface area contributed by atoms with Gasteiger partial charge in [0.2, 0.25) is 5.91 Å². The van der Waals surface area contributed by atoms with E-state index in [2.05, 4.69) is 31.3 Å². The zero-order chi connectivity index (χ0) is 16.2. The van der Waals surface area contributed by atoms with Gasteiger partial charge in [0.05, 0.1) is 17.0 Å². The van der Waals surface area contributed by atoms with Gasteiger partial charge in [-0.3, -0.25) is 4.79 Å².